The van der Waals surface area contributed by atoms with Crippen LogP contribution in [0.25, 0.3) is 22.4 Å². The van der Waals surface area contributed by atoms with Crippen molar-refractivity contribution in [1.29, 1.82) is 0 Å². The maximum absolute atomic E-state index is 7.63. The minimum atomic E-state index is -2.09. The van der Waals surface area contributed by atoms with Gasteiger partial charge in [-0.25, -0.2) is 4.57 Å². The maximum Gasteiger partial charge on any atom is 0.212 e. The summed E-state index contributed by atoms with van der Waals surface area (Å²) < 4.78 is 24.8. The van der Waals surface area contributed by atoms with Crippen molar-refractivity contribution in [3.8, 4) is 22.4 Å². The van der Waals surface area contributed by atoms with Crippen molar-refractivity contribution >= 4 is 0 Å². The summed E-state index contributed by atoms with van der Waals surface area (Å²) in [6.45, 7) is 4.58. The number of pyridine rings is 1. The van der Waals surface area contributed by atoms with Crippen LogP contribution in [0.15, 0.2) is 54.7 Å². The summed E-state index contributed by atoms with van der Waals surface area (Å²) in [5.41, 5.74) is 8.98. The van der Waals surface area contributed by atoms with Crippen molar-refractivity contribution in [2.45, 2.75) is 33.0 Å². The van der Waals surface area contributed by atoms with Crippen LogP contribution >= 0.6 is 0 Å². The van der Waals surface area contributed by atoms with Gasteiger partial charge in [-0.1, -0.05) is 44.2 Å². The van der Waals surface area contributed by atoms with Gasteiger partial charge in [-0.05, 0) is 53.7 Å². The SMILES string of the molecule is [2H]C([2H])([2H])c1ccc(-c2cc3c(cc2C)-c2ccccc2C3(C)C)[n+](C)c1. The molecule has 1 heterocycles. The Morgan fingerprint density at radius 2 is 1.71 bits per heavy atom. The molecule has 0 fully saturated rings. The van der Waals surface area contributed by atoms with Crippen molar-refractivity contribution in [1.82, 2.24) is 0 Å². The van der Waals surface area contributed by atoms with Gasteiger partial charge in [-0.3, -0.25) is 0 Å². The lowest BCUT2D eigenvalue weighted by atomic mass is 9.81. The van der Waals surface area contributed by atoms with Gasteiger partial charge in [-0.15, -0.1) is 0 Å². The van der Waals surface area contributed by atoms with Gasteiger partial charge in [0.25, 0.3) is 0 Å². The summed E-state index contributed by atoms with van der Waals surface area (Å²) in [6, 6.07) is 16.8. The Hall–Kier alpha value is -2.41. The molecule has 0 aliphatic heterocycles. The Labute approximate surface area is 148 Å². The number of nitrogens with zero attached hydrogens (tertiary/aromatic N) is 1. The highest BCUT2D eigenvalue weighted by Crippen LogP contribution is 2.49. The van der Waals surface area contributed by atoms with E-state index in [4.69, 9.17) is 4.11 Å². The summed E-state index contributed by atoms with van der Waals surface area (Å²) in [5.74, 6) is 0. The van der Waals surface area contributed by atoms with E-state index in [1.54, 1.807) is 12.3 Å². The largest absolute Gasteiger partial charge is 0.212 e. The van der Waals surface area contributed by atoms with E-state index in [2.05, 4.69) is 57.2 Å². The molecule has 1 heteroatoms. The topological polar surface area (TPSA) is 3.88 Å². The molecule has 2 aromatic carbocycles. The molecule has 24 heavy (non-hydrogen) atoms. The maximum atomic E-state index is 7.63. The Balaban J connectivity index is 1.90. The second-order valence-corrected chi connectivity index (χ2v) is 7.30. The second-order valence-electron chi connectivity index (χ2n) is 7.30. The van der Waals surface area contributed by atoms with Crippen LogP contribution in [0.5, 0.6) is 0 Å². The molecule has 0 amide bonds. The van der Waals surface area contributed by atoms with Gasteiger partial charge in [0, 0.05) is 26.7 Å². The molecule has 0 N–H and O–H groups in total. The monoisotopic (exact) mass is 317 g/mol. The quantitative estimate of drug-likeness (QED) is 0.550. The van der Waals surface area contributed by atoms with Gasteiger partial charge in [0.15, 0.2) is 6.20 Å². The molecule has 1 aliphatic carbocycles. The van der Waals surface area contributed by atoms with Gasteiger partial charge < -0.3 is 0 Å². The van der Waals surface area contributed by atoms with Gasteiger partial charge in [0.2, 0.25) is 5.69 Å². The predicted octanol–water partition coefficient (Wildman–Crippen LogP) is 5.10. The fourth-order valence-corrected chi connectivity index (χ4v) is 4.02. The van der Waals surface area contributed by atoms with Crippen LogP contribution in [0.3, 0.4) is 0 Å². The standard InChI is InChI=1S/C23H24N/c1-15-10-11-22(24(5)14-15)18-13-21-19(12-16(18)2)17-8-6-7-9-20(17)23(21,3)4/h6-14H,1-5H3/q+1/i1D3. The summed E-state index contributed by atoms with van der Waals surface area (Å²) in [6.07, 6.45) is 1.72. The third-order valence-corrected chi connectivity index (χ3v) is 5.34. The molecule has 0 spiro atoms. The molecule has 120 valence electrons. The van der Waals surface area contributed by atoms with Crippen molar-refractivity contribution in [3.63, 3.8) is 0 Å². The molecule has 0 bridgehead atoms. The summed E-state index contributed by atoms with van der Waals surface area (Å²) in [5, 5.41) is 0. The minimum absolute atomic E-state index is 0.0500. The van der Waals surface area contributed by atoms with Crippen molar-refractivity contribution in [3.05, 3.63) is 77.0 Å². The van der Waals surface area contributed by atoms with Crippen LogP contribution in [0.2, 0.25) is 0 Å². The Morgan fingerprint density at radius 3 is 2.46 bits per heavy atom. The zero-order valence-corrected chi connectivity index (χ0v) is 14.6. The van der Waals surface area contributed by atoms with Gasteiger partial charge in [-0.2, -0.15) is 0 Å². The van der Waals surface area contributed by atoms with E-state index in [1.165, 1.54) is 27.8 Å². The van der Waals surface area contributed by atoms with E-state index >= 15 is 0 Å². The number of benzene rings is 2. The zero-order valence-electron chi connectivity index (χ0n) is 17.6. The first-order valence-corrected chi connectivity index (χ1v) is 8.36. The molecule has 0 radical (unpaired) electrons. The molecule has 1 aromatic heterocycles. The van der Waals surface area contributed by atoms with Gasteiger partial charge in [0.1, 0.15) is 7.05 Å². The summed E-state index contributed by atoms with van der Waals surface area (Å²) in [7, 11) is 1.91. The van der Waals surface area contributed by atoms with Crippen molar-refractivity contribution < 1.29 is 8.68 Å². The molecule has 0 saturated heterocycles. The first kappa shape index (κ1) is 12.0. The highest BCUT2D eigenvalue weighted by atomic mass is 14.9. The highest BCUT2D eigenvalue weighted by Gasteiger charge is 2.36. The first-order chi connectivity index (χ1) is 12.6. The van der Waals surface area contributed by atoms with E-state index in [-0.39, 0.29) is 5.41 Å². The molecule has 0 unspecified atom stereocenters. The fourth-order valence-electron chi connectivity index (χ4n) is 4.02. The van der Waals surface area contributed by atoms with E-state index in [0.717, 1.165) is 11.3 Å². The lowest BCUT2D eigenvalue weighted by molar-refractivity contribution is -0.660. The van der Waals surface area contributed by atoms with Crippen LogP contribution in [0, 0.1) is 13.8 Å². The van der Waals surface area contributed by atoms with E-state index in [0.29, 0.717) is 5.56 Å². The normalized spacial score (nSPS) is 16.8. The first-order valence-electron chi connectivity index (χ1n) is 9.86. The van der Waals surface area contributed by atoms with Crippen LogP contribution in [-0.4, -0.2) is 0 Å². The number of hydrogen-bond acceptors (Lipinski definition) is 0. The number of fused-ring (bicyclic) bond motifs is 3. The van der Waals surface area contributed by atoms with Crippen molar-refractivity contribution in [2.24, 2.45) is 7.05 Å². The zero-order chi connectivity index (χ0) is 19.6. The molecule has 0 atom stereocenters. The summed E-state index contributed by atoms with van der Waals surface area (Å²) in [4.78, 5) is 0. The molecule has 4 rings (SSSR count). The number of aromatic nitrogens is 1. The smallest absolute Gasteiger partial charge is 0.201 e. The Kier molecular flexibility index (Phi) is 2.53. The number of aryl methyl sites for hydroxylation is 3. The number of rotatable bonds is 1. The third kappa shape index (κ3) is 2.04. The lowest BCUT2D eigenvalue weighted by Crippen LogP contribution is -2.31. The van der Waals surface area contributed by atoms with Crippen molar-refractivity contribution in [2.75, 3.05) is 0 Å². The van der Waals surface area contributed by atoms with Crippen LogP contribution in [0.4, 0.5) is 0 Å². The molecule has 1 aliphatic rings. The molecule has 1 nitrogen and oxygen atoms in total. The van der Waals surface area contributed by atoms with E-state index in [1.807, 2.05) is 17.7 Å². The minimum Gasteiger partial charge on any atom is -0.201 e. The predicted molar refractivity (Wildman–Crippen MR) is 100 cm³/mol. The van der Waals surface area contributed by atoms with E-state index in [9.17, 15) is 0 Å². The summed E-state index contributed by atoms with van der Waals surface area (Å²) >= 11 is 0. The average Bonchev–Trinajstić information content (AvgIpc) is 2.81. The average molecular weight is 317 g/mol. The third-order valence-electron chi connectivity index (χ3n) is 5.34. The molecule has 0 saturated carbocycles. The van der Waals surface area contributed by atoms with Gasteiger partial charge >= 0.3 is 0 Å². The van der Waals surface area contributed by atoms with Crippen LogP contribution in [0.1, 0.15) is 40.2 Å². The lowest BCUT2D eigenvalue weighted by Gasteiger charge is -2.22. The number of hydrogen-bond donors (Lipinski definition) is 0. The molecule has 3 aromatic rings. The van der Waals surface area contributed by atoms with Gasteiger partial charge in [0.05, 0.1) is 0 Å². The van der Waals surface area contributed by atoms with Crippen LogP contribution in [-0.2, 0) is 12.5 Å². The second kappa shape index (κ2) is 5.04. The Morgan fingerprint density at radius 1 is 0.917 bits per heavy atom. The fraction of sp³-hybridized carbons (Fsp3) is 0.261. The van der Waals surface area contributed by atoms with Crippen LogP contribution < -0.4 is 4.57 Å². The highest BCUT2D eigenvalue weighted by molar-refractivity contribution is 5.84. The Bertz CT molecular complexity index is 1060. The van der Waals surface area contributed by atoms with E-state index < -0.39 is 6.85 Å². The molecular formula is C23H24N+. The molecular weight excluding hydrogens is 290 g/mol.